The summed E-state index contributed by atoms with van der Waals surface area (Å²) in [6, 6.07) is 26.2. The molecule has 0 saturated carbocycles. The molecule has 0 saturated heterocycles. The van der Waals surface area contributed by atoms with Crippen molar-refractivity contribution >= 4 is 16.7 Å². The van der Waals surface area contributed by atoms with E-state index in [4.69, 9.17) is 0 Å². The van der Waals surface area contributed by atoms with Gasteiger partial charge >= 0.3 is 0 Å². The minimum absolute atomic E-state index is 1.10. The second-order valence-electron chi connectivity index (χ2n) is 8.62. The SMILES string of the molecule is CC1=C(C2=C(C)c3ccccc3C2)Cc2ccccc21.CC1=CCc2ccccc21. The molecule has 3 aromatic rings. The largest absolute Gasteiger partial charge is 0.0766 e. The van der Waals surface area contributed by atoms with Crippen LogP contribution in [0.15, 0.2) is 90.0 Å². The van der Waals surface area contributed by atoms with Gasteiger partial charge in [-0.1, -0.05) is 78.9 Å². The fraction of sp³-hybridized carbons (Fsp3) is 0.200. The van der Waals surface area contributed by atoms with Crippen LogP contribution in [0.3, 0.4) is 0 Å². The maximum absolute atomic E-state index is 2.28. The van der Waals surface area contributed by atoms with E-state index in [-0.39, 0.29) is 0 Å². The van der Waals surface area contributed by atoms with Crippen molar-refractivity contribution in [3.63, 3.8) is 0 Å². The molecule has 3 aromatic carbocycles. The fourth-order valence-corrected chi connectivity index (χ4v) is 5.17. The van der Waals surface area contributed by atoms with E-state index in [1.54, 1.807) is 11.1 Å². The molecule has 6 rings (SSSR count). The van der Waals surface area contributed by atoms with E-state index >= 15 is 0 Å². The summed E-state index contributed by atoms with van der Waals surface area (Å²) >= 11 is 0. The second-order valence-corrected chi connectivity index (χ2v) is 8.62. The third-order valence-electron chi connectivity index (χ3n) is 6.92. The third kappa shape index (κ3) is 3.17. The third-order valence-corrected chi connectivity index (χ3v) is 6.92. The Bertz CT molecular complexity index is 1160. The van der Waals surface area contributed by atoms with Crippen LogP contribution in [0.5, 0.6) is 0 Å². The molecule has 0 spiro atoms. The molecule has 0 fully saturated rings. The first-order valence-corrected chi connectivity index (χ1v) is 10.9. The summed E-state index contributed by atoms with van der Waals surface area (Å²) in [4.78, 5) is 0. The van der Waals surface area contributed by atoms with Gasteiger partial charge in [-0.15, -0.1) is 0 Å². The van der Waals surface area contributed by atoms with Crippen molar-refractivity contribution in [2.75, 3.05) is 0 Å². The Morgan fingerprint density at radius 1 is 0.500 bits per heavy atom. The molecule has 0 amide bonds. The number of hydrogen-bond donors (Lipinski definition) is 0. The van der Waals surface area contributed by atoms with E-state index in [0.29, 0.717) is 0 Å². The molecule has 0 heterocycles. The van der Waals surface area contributed by atoms with Gasteiger partial charge in [-0.25, -0.2) is 0 Å². The van der Waals surface area contributed by atoms with Gasteiger partial charge in [0, 0.05) is 0 Å². The van der Waals surface area contributed by atoms with E-state index in [9.17, 15) is 0 Å². The minimum Gasteiger partial charge on any atom is -0.0766 e. The minimum atomic E-state index is 1.10. The van der Waals surface area contributed by atoms with Crippen LogP contribution in [0.2, 0.25) is 0 Å². The molecule has 3 aliphatic rings. The zero-order valence-corrected chi connectivity index (χ0v) is 18.1. The van der Waals surface area contributed by atoms with Gasteiger partial charge in [0.25, 0.3) is 0 Å². The topological polar surface area (TPSA) is 0 Å². The summed E-state index contributed by atoms with van der Waals surface area (Å²) in [5.41, 5.74) is 16.2. The van der Waals surface area contributed by atoms with Crippen molar-refractivity contribution in [2.45, 2.75) is 40.0 Å². The second kappa shape index (κ2) is 7.61. The van der Waals surface area contributed by atoms with Gasteiger partial charge in [-0.2, -0.15) is 0 Å². The molecule has 148 valence electrons. The van der Waals surface area contributed by atoms with Gasteiger partial charge in [0.15, 0.2) is 0 Å². The smallest absolute Gasteiger partial charge is 0.00139 e. The molecule has 0 bridgehead atoms. The number of fused-ring (bicyclic) bond motifs is 3. The standard InChI is InChI=1S/C20H18.C10H10/c1-13-17-9-5-3-7-15(17)11-19(13)20-12-16-8-4-6-10-18(16)14(20)2;1-8-6-7-9-4-2-3-5-10(8)9/h3-10H,11-12H2,1-2H3;2-6H,7H2,1H3. The van der Waals surface area contributed by atoms with Gasteiger partial charge in [-0.05, 0) is 101 Å². The van der Waals surface area contributed by atoms with E-state index < -0.39 is 0 Å². The highest BCUT2D eigenvalue weighted by Crippen LogP contribution is 2.43. The van der Waals surface area contributed by atoms with Gasteiger partial charge in [-0.3, -0.25) is 0 Å². The Hall–Kier alpha value is -3.12. The summed E-state index contributed by atoms with van der Waals surface area (Å²) in [7, 11) is 0. The first kappa shape index (κ1) is 18.9. The highest BCUT2D eigenvalue weighted by molar-refractivity contribution is 5.86. The Labute approximate surface area is 180 Å². The quantitative estimate of drug-likeness (QED) is 0.401. The number of allylic oxidation sites excluding steroid dienone is 6. The maximum Gasteiger partial charge on any atom is -0.00139 e. The molecule has 30 heavy (non-hydrogen) atoms. The molecular weight excluding hydrogens is 360 g/mol. The van der Waals surface area contributed by atoms with Gasteiger partial charge in [0.2, 0.25) is 0 Å². The Kier molecular flexibility index (Phi) is 4.79. The number of rotatable bonds is 1. The van der Waals surface area contributed by atoms with E-state index in [1.807, 2.05) is 0 Å². The van der Waals surface area contributed by atoms with Crippen LogP contribution in [-0.4, -0.2) is 0 Å². The molecule has 0 unspecified atom stereocenters. The van der Waals surface area contributed by atoms with Crippen LogP contribution in [0.1, 0.15) is 54.2 Å². The molecule has 0 N–H and O–H groups in total. The van der Waals surface area contributed by atoms with Crippen molar-refractivity contribution in [3.05, 3.63) is 123 Å². The normalized spacial score (nSPS) is 16.0. The van der Waals surface area contributed by atoms with Crippen molar-refractivity contribution < 1.29 is 0 Å². The van der Waals surface area contributed by atoms with Crippen molar-refractivity contribution in [2.24, 2.45) is 0 Å². The van der Waals surface area contributed by atoms with Gasteiger partial charge in [0.05, 0.1) is 0 Å². The van der Waals surface area contributed by atoms with Crippen molar-refractivity contribution in [1.82, 2.24) is 0 Å². The lowest BCUT2D eigenvalue weighted by Gasteiger charge is -2.07. The van der Waals surface area contributed by atoms with Crippen LogP contribution in [0.4, 0.5) is 0 Å². The predicted octanol–water partition coefficient (Wildman–Crippen LogP) is 7.69. The van der Waals surface area contributed by atoms with Gasteiger partial charge < -0.3 is 0 Å². The summed E-state index contributed by atoms with van der Waals surface area (Å²) in [6.07, 6.45) is 5.61. The average molecular weight is 389 g/mol. The van der Waals surface area contributed by atoms with E-state index in [2.05, 4.69) is 99.6 Å². The molecule has 3 aliphatic carbocycles. The number of hydrogen-bond acceptors (Lipinski definition) is 0. The van der Waals surface area contributed by atoms with Crippen LogP contribution in [0, 0.1) is 0 Å². The molecule has 0 nitrogen and oxygen atoms in total. The summed E-state index contributed by atoms with van der Waals surface area (Å²) in [5.74, 6) is 0. The molecular formula is C30H28. The lowest BCUT2D eigenvalue weighted by atomic mass is 9.97. The maximum atomic E-state index is 2.28. The van der Waals surface area contributed by atoms with Crippen molar-refractivity contribution in [3.8, 4) is 0 Å². The van der Waals surface area contributed by atoms with Crippen LogP contribution < -0.4 is 0 Å². The fourth-order valence-electron chi connectivity index (χ4n) is 5.17. The zero-order valence-electron chi connectivity index (χ0n) is 18.1. The zero-order chi connectivity index (χ0) is 20.7. The van der Waals surface area contributed by atoms with E-state index in [0.717, 1.165) is 19.3 Å². The number of benzene rings is 3. The molecule has 0 aliphatic heterocycles. The average Bonchev–Trinajstić information content (AvgIpc) is 3.43. The van der Waals surface area contributed by atoms with Crippen LogP contribution in [-0.2, 0) is 19.3 Å². The summed E-state index contributed by atoms with van der Waals surface area (Å²) in [6.45, 7) is 6.74. The van der Waals surface area contributed by atoms with Crippen LogP contribution >= 0.6 is 0 Å². The Morgan fingerprint density at radius 3 is 1.40 bits per heavy atom. The lowest BCUT2D eigenvalue weighted by molar-refractivity contribution is 1.13. The molecule has 0 aromatic heterocycles. The monoisotopic (exact) mass is 388 g/mol. The summed E-state index contributed by atoms with van der Waals surface area (Å²) < 4.78 is 0. The van der Waals surface area contributed by atoms with Crippen molar-refractivity contribution in [1.29, 1.82) is 0 Å². The molecule has 0 heteroatoms. The highest BCUT2D eigenvalue weighted by atomic mass is 14.3. The van der Waals surface area contributed by atoms with Gasteiger partial charge in [0.1, 0.15) is 0 Å². The first-order chi connectivity index (χ1) is 14.6. The Morgan fingerprint density at radius 2 is 0.933 bits per heavy atom. The van der Waals surface area contributed by atoms with Crippen LogP contribution in [0.25, 0.3) is 16.7 Å². The summed E-state index contributed by atoms with van der Waals surface area (Å²) in [5, 5.41) is 0. The van der Waals surface area contributed by atoms with E-state index in [1.165, 1.54) is 50.1 Å². The Balaban J connectivity index is 0.000000161. The predicted molar refractivity (Wildman–Crippen MR) is 129 cm³/mol. The molecule has 0 atom stereocenters. The first-order valence-electron chi connectivity index (χ1n) is 10.9. The molecule has 0 radical (unpaired) electrons. The highest BCUT2D eigenvalue weighted by Gasteiger charge is 2.26. The lowest BCUT2D eigenvalue weighted by Crippen LogP contribution is -1.92.